The summed E-state index contributed by atoms with van der Waals surface area (Å²) in [6.45, 7) is 3.47. The number of carbonyl (C=O) groups is 3. The van der Waals surface area contributed by atoms with Gasteiger partial charge >= 0.3 is 5.97 Å². The van der Waals surface area contributed by atoms with Crippen LogP contribution in [0, 0.1) is 0 Å². The third kappa shape index (κ3) is 5.03. The smallest absolute Gasteiger partial charge is 0.338 e. The Balaban J connectivity index is 1.88. The number of nitrogens with zero attached hydrogens (tertiary/aromatic N) is 2. The number of rotatable bonds is 6. The maximum absolute atomic E-state index is 13.3. The Hall–Kier alpha value is -3.88. The van der Waals surface area contributed by atoms with Crippen molar-refractivity contribution in [2.75, 3.05) is 12.0 Å². The predicted octanol–water partition coefficient (Wildman–Crippen LogP) is 5.59. The van der Waals surface area contributed by atoms with Gasteiger partial charge in [-0.2, -0.15) is 0 Å². The zero-order valence-corrected chi connectivity index (χ0v) is 21.6. The third-order valence-corrected chi connectivity index (χ3v) is 6.10. The molecular formula is C27H22Cl2N2O6. The van der Waals surface area contributed by atoms with Crippen molar-refractivity contribution in [1.82, 2.24) is 4.98 Å². The Bertz CT molecular complexity index is 1400. The summed E-state index contributed by atoms with van der Waals surface area (Å²) in [7, 11) is 1.35. The summed E-state index contributed by atoms with van der Waals surface area (Å²) in [5, 5.41) is 11.7. The van der Waals surface area contributed by atoms with E-state index in [0.29, 0.717) is 11.4 Å². The van der Waals surface area contributed by atoms with E-state index in [4.69, 9.17) is 32.7 Å². The fourth-order valence-electron chi connectivity index (χ4n) is 4.05. The molecule has 190 valence electrons. The molecule has 10 heteroatoms. The average molecular weight is 541 g/mol. The van der Waals surface area contributed by atoms with Crippen LogP contribution in [0.1, 0.15) is 41.5 Å². The van der Waals surface area contributed by atoms with Gasteiger partial charge in [0, 0.05) is 16.9 Å². The Morgan fingerprint density at radius 2 is 1.78 bits per heavy atom. The highest BCUT2D eigenvalue weighted by Crippen LogP contribution is 2.44. The van der Waals surface area contributed by atoms with E-state index in [1.807, 2.05) is 0 Å². The van der Waals surface area contributed by atoms with Crippen molar-refractivity contribution in [2.24, 2.45) is 0 Å². The number of aliphatic hydroxyl groups is 1. The number of esters is 1. The highest BCUT2D eigenvalue weighted by molar-refractivity contribution is 6.51. The summed E-state index contributed by atoms with van der Waals surface area (Å²) < 4.78 is 10.5. The number of aromatic nitrogens is 1. The number of Topliss-reactive ketones (excluding diaryl/α,β-unsaturated/α-hetero) is 1. The number of hydrogen-bond donors (Lipinski definition) is 1. The van der Waals surface area contributed by atoms with Gasteiger partial charge in [-0.1, -0.05) is 29.3 Å². The first-order chi connectivity index (χ1) is 17.6. The highest BCUT2D eigenvalue weighted by atomic mass is 35.5. The summed E-state index contributed by atoms with van der Waals surface area (Å²) in [4.78, 5) is 44.5. The second-order valence-corrected chi connectivity index (χ2v) is 9.24. The second kappa shape index (κ2) is 10.6. The van der Waals surface area contributed by atoms with Crippen molar-refractivity contribution in [3.05, 3.63) is 93.2 Å². The minimum absolute atomic E-state index is 0.0470. The van der Waals surface area contributed by atoms with Crippen molar-refractivity contribution in [1.29, 1.82) is 0 Å². The van der Waals surface area contributed by atoms with Gasteiger partial charge in [0.15, 0.2) is 0 Å². The van der Waals surface area contributed by atoms with Gasteiger partial charge in [0.25, 0.3) is 11.7 Å². The summed E-state index contributed by atoms with van der Waals surface area (Å²) in [5.74, 6) is -2.77. The first-order valence-electron chi connectivity index (χ1n) is 11.2. The summed E-state index contributed by atoms with van der Waals surface area (Å²) in [6.07, 6.45) is 1.21. The summed E-state index contributed by atoms with van der Waals surface area (Å²) >= 11 is 12.4. The second-order valence-electron chi connectivity index (χ2n) is 8.39. The van der Waals surface area contributed by atoms with Crippen LogP contribution >= 0.6 is 23.2 Å². The monoisotopic (exact) mass is 540 g/mol. The molecule has 37 heavy (non-hydrogen) atoms. The maximum atomic E-state index is 13.3. The van der Waals surface area contributed by atoms with Gasteiger partial charge < -0.3 is 14.6 Å². The molecule has 1 unspecified atom stereocenters. The van der Waals surface area contributed by atoms with E-state index >= 15 is 0 Å². The van der Waals surface area contributed by atoms with Gasteiger partial charge in [0.1, 0.15) is 17.6 Å². The lowest BCUT2D eigenvalue weighted by molar-refractivity contribution is -0.132. The van der Waals surface area contributed by atoms with E-state index in [1.165, 1.54) is 54.6 Å². The van der Waals surface area contributed by atoms with E-state index in [9.17, 15) is 19.5 Å². The fraction of sp³-hybridized carbons (Fsp3) is 0.185. The predicted molar refractivity (Wildman–Crippen MR) is 139 cm³/mol. The number of amides is 1. The van der Waals surface area contributed by atoms with Gasteiger partial charge in [0.05, 0.1) is 40.6 Å². The molecule has 1 atom stereocenters. The number of hydrogen-bond acceptors (Lipinski definition) is 7. The lowest BCUT2D eigenvalue weighted by atomic mass is 9.97. The fourth-order valence-corrected chi connectivity index (χ4v) is 4.62. The zero-order valence-electron chi connectivity index (χ0n) is 20.1. The van der Waals surface area contributed by atoms with Gasteiger partial charge in [-0.15, -0.1) is 0 Å². The minimum Gasteiger partial charge on any atom is -0.507 e. The molecule has 0 saturated carbocycles. The van der Waals surface area contributed by atoms with Gasteiger partial charge in [-0.05, 0) is 62.4 Å². The number of anilines is 1. The molecule has 1 N–H and O–H groups in total. The molecule has 0 radical (unpaired) electrons. The van der Waals surface area contributed by atoms with Crippen LogP contribution in [0.4, 0.5) is 5.69 Å². The Morgan fingerprint density at radius 1 is 1.08 bits per heavy atom. The number of methoxy groups -OCH3 is 1. The minimum atomic E-state index is -1.09. The molecule has 0 aliphatic carbocycles. The molecule has 1 aromatic heterocycles. The molecule has 4 rings (SSSR count). The number of pyridine rings is 1. The summed E-state index contributed by atoms with van der Waals surface area (Å²) in [6, 6.07) is 12.8. The van der Waals surface area contributed by atoms with Crippen LogP contribution in [0.2, 0.25) is 10.0 Å². The Morgan fingerprint density at radius 3 is 2.38 bits per heavy atom. The van der Waals surface area contributed by atoms with Crippen molar-refractivity contribution in [2.45, 2.75) is 26.0 Å². The van der Waals surface area contributed by atoms with E-state index in [1.54, 1.807) is 32.0 Å². The standard InChI is InChI=1S/C27H22Cl2N2O6/c1-14(2)37-27(35)15-7-9-17(10-8-15)31-22(20-6-4-5-11-30-20)21(24(33)26(31)34)23(32)18-12-16(28)13-19(29)25(18)36-3/h4-14,22,32H,1-3H3/b23-21+. The largest absolute Gasteiger partial charge is 0.507 e. The van der Waals surface area contributed by atoms with E-state index in [0.717, 1.165) is 0 Å². The zero-order chi connectivity index (χ0) is 26.9. The first kappa shape index (κ1) is 26.2. The molecular weight excluding hydrogens is 519 g/mol. The molecule has 1 amide bonds. The van der Waals surface area contributed by atoms with Crippen LogP contribution in [0.3, 0.4) is 0 Å². The number of aliphatic hydroxyl groups excluding tert-OH is 1. The molecule has 1 aliphatic heterocycles. The molecule has 0 spiro atoms. The molecule has 1 fully saturated rings. The van der Waals surface area contributed by atoms with Crippen molar-refractivity contribution < 1.29 is 29.0 Å². The highest BCUT2D eigenvalue weighted by Gasteiger charge is 2.48. The van der Waals surface area contributed by atoms with Gasteiger partial charge in [0.2, 0.25) is 0 Å². The quantitative estimate of drug-likeness (QED) is 0.188. The molecule has 1 saturated heterocycles. The number of ketones is 1. The summed E-state index contributed by atoms with van der Waals surface area (Å²) in [5.41, 5.74) is 0.753. The lowest BCUT2D eigenvalue weighted by Crippen LogP contribution is -2.29. The Labute approximate surface area is 223 Å². The lowest BCUT2D eigenvalue weighted by Gasteiger charge is -2.25. The van der Waals surface area contributed by atoms with Crippen LogP contribution in [-0.4, -0.2) is 41.0 Å². The molecule has 2 heterocycles. The van der Waals surface area contributed by atoms with E-state index < -0.39 is 29.5 Å². The first-order valence-corrected chi connectivity index (χ1v) is 12.0. The van der Waals surface area contributed by atoms with Crippen LogP contribution in [0.25, 0.3) is 5.76 Å². The van der Waals surface area contributed by atoms with Crippen LogP contribution in [0.5, 0.6) is 5.75 Å². The molecule has 0 bridgehead atoms. The Kier molecular flexibility index (Phi) is 7.52. The third-order valence-electron chi connectivity index (χ3n) is 5.60. The normalized spacial score (nSPS) is 16.8. The average Bonchev–Trinajstić information content (AvgIpc) is 3.13. The van der Waals surface area contributed by atoms with Crippen molar-refractivity contribution >= 4 is 52.3 Å². The van der Waals surface area contributed by atoms with Crippen LogP contribution in [-0.2, 0) is 14.3 Å². The van der Waals surface area contributed by atoms with Crippen LogP contribution < -0.4 is 9.64 Å². The number of ether oxygens (including phenoxy) is 2. The van der Waals surface area contributed by atoms with Crippen LogP contribution in [0.15, 0.2) is 66.4 Å². The SMILES string of the molecule is COc1c(Cl)cc(Cl)cc1/C(O)=C1\C(=O)C(=O)N(c2ccc(C(=O)OC(C)C)cc2)C1c1ccccn1. The van der Waals surface area contributed by atoms with E-state index in [-0.39, 0.29) is 38.6 Å². The molecule has 2 aromatic carbocycles. The molecule has 8 nitrogen and oxygen atoms in total. The van der Waals surface area contributed by atoms with Gasteiger partial charge in [-0.25, -0.2) is 4.79 Å². The number of halogens is 2. The number of benzene rings is 2. The topological polar surface area (TPSA) is 106 Å². The molecule has 3 aromatic rings. The number of carbonyl (C=O) groups excluding carboxylic acids is 3. The van der Waals surface area contributed by atoms with Crippen molar-refractivity contribution in [3.63, 3.8) is 0 Å². The van der Waals surface area contributed by atoms with E-state index in [2.05, 4.69) is 4.98 Å². The van der Waals surface area contributed by atoms with Crippen molar-refractivity contribution in [3.8, 4) is 5.75 Å². The van der Waals surface area contributed by atoms with Gasteiger partial charge in [-0.3, -0.25) is 19.5 Å². The maximum Gasteiger partial charge on any atom is 0.338 e. The molecule has 1 aliphatic rings.